The van der Waals surface area contributed by atoms with Crippen LogP contribution in [0.4, 0.5) is 5.69 Å². The highest BCUT2D eigenvalue weighted by atomic mass is 32.1. The molecule has 0 radical (unpaired) electrons. The number of hydrogen-bond acceptors (Lipinski definition) is 9. The van der Waals surface area contributed by atoms with Crippen LogP contribution in [-0.2, 0) is 20.9 Å². The van der Waals surface area contributed by atoms with Gasteiger partial charge in [-0.3, -0.25) is 14.3 Å². The van der Waals surface area contributed by atoms with Crippen molar-refractivity contribution in [3.63, 3.8) is 0 Å². The van der Waals surface area contributed by atoms with Crippen LogP contribution in [0.5, 0.6) is 10.9 Å². The Morgan fingerprint density at radius 2 is 2.11 bits per heavy atom. The van der Waals surface area contributed by atoms with Gasteiger partial charge in [0.15, 0.2) is 0 Å². The third-order valence-corrected chi connectivity index (χ3v) is 6.63. The minimum absolute atomic E-state index is 0. The monoisotopic (exact) mass is 530 g/mol. The lowest BCUT2D eigenvalue weighted by molar-refractivity contribution is -0.145. The van der Waals surface area contributed by atoms with E-state index in [1.165, 1.54) is 28.0 Å². The fraction of sp³-hybridized carbons (Fsp3) is 0.480. The van der Waals surface area contributed by atoms with Crippen molar-refractivity contribution in [1.29, 1.82) is 0 Å². The predicted molar refractivity (Wildman–Crippen MR) is 140 cm³/mol. The van der Waals surface area contributed by atoms with Crippen LogP contribution in [0.3, 0.4) is 0 Å². The average Bonchev–Trinajstić information content (AvgIpc) is 3.62. The Kier molecular flexibility index (Phi) is 8.72. The van der Waals surface area contributed by atoms with Gasteiger partial charge in [-0.25, -0.2) is 0 Å². The lowest BCUT2D eigenvalue weighted by Crippen LogP contribution is -2.60. The van der Waals surface area contributed by atoms with Crippen LogP contribution in [0.25, 0.3) is 0 Å². The summed E-state index contributed by atoms with van der Waals surface area (Å²) in [7, 11) is 0. The molecule has 0 aliphatic carbocycles. The Morgan fingerprint density at radius 1 is 1.32 bits per heavy atom. The molecule has 2 aliphatic rings. The smallest absolute Gasteiger partial charge is 0.293 e. The number of nitrogens with zero attached hydrogens (tertiary/aromatic N) is 5. The third-order valence-electron chi connectivity index (χ3n) is 5.93. The maximum Gasteiger partial charge on any atom is 0.293 e. The van der Waals surface area contributed by atoms with Gasteiger partial charge < -0.3 is 24.4 Å². The summed E-state index contributed by atoms with van der Waals surface area (Å²) in [5.74, 6) is 1.63. The molecule has 0 saturated carbocycles. The van der Waals surface area contributed by atoms with Crippen LogP contribution >= 0.6 is 11.5 Å². The molecule has 12 heteroatoms. The normalized spacial score (nSPS) is 17.8. The number of nitrogens with one attached hydrogen (secondary N) is 1. The number of hydrogen-bond donors (Lipinski definition) is 1. The Bertz CT molecular complexity index is 1180. The first-order chi connectivity index (χ1) is 17.8. The van der Waals surface area contributed by atoms with Crippen LogP contribution in [0.15, 0.2) is 36.7 Å². The average molecular weight is 531 g/mol. The van der Waals surface area contributed by atoms with Gasteiger partial charge in [-0.05, 0) is 26.0 Å². The van der Waals surface area contributed by atoms with Gasteiger partial charge in [0.05, 0.1) is 31.7 Å². The number of carbonyl (C=O) groups is 2. The van der Waals surface area contributed by atoms with Crippen molar-refractivity contribution in [2.24, 2.45) is 5.41 Å². The fourth-order valence-corrected chi connectivity index (χ4v) is 4.54. The van der Waals surface area contributed by atoms with Gasteiger partial charge in [0.2, 0.25) is 12.3 Å². The second kappa shape index (κ2) is 12.2. The van der Waals surface area contributed by atoms with Gasteiger partial charge >= 0.3 is 0 Å². The zero-order chi connectivity index (χ0) is 26.3. The molecule has 37 heavy (non-hydrogen) atoms. The first-order valence-electron chi connectivity index (χ1n) is 12.1. The second-order valence-corrected chi connectivity index (χ2v) is 10.3. The van der Waals surface area contributed by atoms with Crippen molar-refractivity contribution >= 4 is 29.5 Å². The molecule has 1 atom stereocenters. The molecule has 0 spiro atoms. The highest BCUT2D eigenvalue weighted by molar-refractivity contribution is 7.07. The number of aryl methyl sites for hydroxylation is 2. The Balaban J connectivity index is 0.000000258. The molecule has 1 N–H and O–H groups in total. The number of anilines is 1. The van der Waals surface area contributed by atoms with Gasteiger partial charge in [-0.2, -0.15) is 14.5 Å². The molecule has 2 aromatic heterocycles. The molecule has 3 aromatic rings. The maximum absolute atomic E-state index is 12.3. The SMILES string of the molecule is Cc1ccc(OCC2(C)CN(C(=O)Cn3cc(NC=O)cn3)C2)cc1.Cc1nsc(O[C@@H]2CCOC2)n1.[HH]. The van der Waals surface area contributed by atoms with E-state index >= 15 is 0 Å². The van der Waals surface area contributed by atoms with E-state index < -0.39 is 0 Å². The molecule has 1 aromatic carbocycles. The minimum Gasteiger partial charge on any atom is -0.493 e. The molecule has 2 saturated heterocycles. The van der Waals surface area contributed by atoms with Crippen LogP contribution in [0, 0.1) is 19.3 Å². The van der Waals surface area contributed by atoms with Gasteiger partial charge in [0.1, 0.15) is 24.2 Å². The summed E-state index contributed by atoms with van der Waals surface area (Å²) in [5.41, 5.74) is 1.74. The highest BCUT2D eigenvalue weighted by Crippen LogP contribution is 2.31. The first-order valence-corrected chi connectivity index (χ1v) is 12.8. The van der Waals surface area contributed by atoms with E-state index in [-0.39, 0.29) is 25.4 Å². The summed E-state index contributed by atoms with van der Waals surface area (Å²) in [6.07, 6.45) is 4.86. The number of rotatable bonds is 9. The Labute approximate surface area is 221 Å². The number of likely N-dealkylation sites (tertiary alicyclic amines) is 1. The van der Waals surface area contributed by atoms with Gasteiger partial charge in [0, 0.05) is 44.1 Å². The van der Waals surface area contributed by atoms with Crippen LogP contribution in [-0.4, -0.2) is 75.4 Å². The summed E-state index contributed by atoms with van der Waals surface area (Å²) < 4.78 is 22.1. The van der Waals surface area contributed by atoms with E-state index in [0.29, 0.717) is 43.6 Å². The van der Waals surface area contributed by atoms with E-state index in [4.69, 9.17) is 14.2 Å². The van der Waals surface area contributed by atoms with E-state index in [0.717, 1.165) is 24.6 Å². The predicted octanol–water partition coefficient (Wildman–Crippen LogP) is 2.95. The lowest BCUT2D eigenvalue weighted by Gasteiger charge is -2.47. The number of ether oxygens (including phenoxy) is 3. The third kappa shape index (κ3) is 7.73. The Hall–Kier alpha value is -3.51. The molecule has 200 valence electrons. The van der Waals surface area contributed by atoms with Gasteiger partial charge in [-0.15, -0.1) is 0 Å². The van der Waals surface area contributed by atoms with E-state index in [2.05, 4.69) is 26.7 Å². The van der Waals surface area contributed by atoms with Gasteiger partial charge in [-0.1, -0.05) is 24.6 Å². The zero-order valence-electron chi connectivity index (χ0n) is 21.3. The molecular weight excluding hydrogens is 496 g/mol. The number of amides is 2. The molecule has 5 rings (SSSR count). The van der Waals surface area contributed by atoms with E-state index in [9.17, 15) is 9.59 Å². The van der Waals surface area contributed by atoms with Crippen molar-refractivity contribution in [3.8, 4) is 10.9 Å². The zero-order valence-corrected chi connectivity index (χ0v) is 22.1. The van der Waals surface area contributed by atoms with E-state index in [1.807, 2.05) is 38.1 Å². The molecule has 2 amide bonds. The largest absolute Gasteiger partial charge is 0.493 e. The first kappa shape index (κ1) is 26.6. The molecule has 0 unspecified atom stereocenters. The molecule has 11 nitrogen and oxygen atoms in total. The van der Waals surface area contributed by atoms with Crippen molar-refractivity contribution < 1.29 is 25.2 Å². The molecule has 2 aliphatic heterocycles. The van der Waals surface area contributed by atoms with Crippen molar-refractivity contribution in [3.05, 3.63) is 48.0 Å². The Morgan fingerprint density at radius 3 is 2.76 bits per heavy atom. The lowest BCUT2D eigenvalue weighted by atomic mass is 9.83. The maximum atomic E-state index is 12.3. The summed E-state index contributed by atoms with van der Waals surface area (Å²) >= 11 is 1.30. The van der Waals surface area contributed by atoms with Crippen molar-refractivity contribution in [2.75, 3.05) is 38.2 Å². The summed E-state index contributed by atoms with van der Waals surface area (Å²) in [5, 5.41) is 7.22. The van der Waals surface area contributed by atoms with Gasteiger partial charge in [0.25, 0.3) is 5.19 Å². The van der Waals surface area contributed by atoms with Crippen molar-refractivity contribution in [2.45, 2.75) is 39.8 Å². The molecular formula is C25H34N6O5S. The molecule has 0 bridgehead atoms. The quantitative estimate of drug-likeness (QED) is 0.419. The fourth-order valence-electron chi connectivity index (χ4n) is 3.94. The second-order valence-electron chi connectivity index (χ2n) is 9.56. The number of carbonyl (C=O) groups excluding carboxylic acids is 2. The highest BCUT2D eigenvalue weighted by Gasteiger charge is 2.42. The van der Waals surface area contributed by atoms with E-state index in [1.54, 1.807) is 11.1 Å². The van der Waals surface area contributed by atoms with Crippen LogP contribution in [0.1, 0.15) is 26.2 Å². The van der Waals surface area contributed by atoms with Crippen LogP contribution < -0.4 is 14.8 Å². The topological polar surface area (TPSA) is 121 Å². The number of aromatic nitrogens is 4. The van der Waals surface area contributed by atoms with Crippen molar-refractivity contribution in [1.82, 2.24) is 24.0 Å². The number of benzene rings is 1. The van der Waals surface area contributed by atoms with Crippen LogP contribution in [0.2, 0.25) is 0 Å². The summed E-state index contributed by atoms with van der Waals surface area (Å²) in [6.45, 7) is 9.56. The molecule has 2 fully saturated rings. The standard InChI is InChI=1S/C18H22N4O3.C7H10N2O2S.H2/c1-14-3-5-16(6-4-14)25-12-18(2)10-21(11-18)17(24)9-22-8-15(7-20-22)19-13-23;1-5-8-7(12-9-5)11-6-2-3-10-4-6;/h3-8,13H,9-12H2,1-2H3,(H,19,23);6H,2-4H2,1H3;1H/t;6-;/m.1./s1. The summed E-state index contributed by atoms with van der Waals surface area (Å²) in [6, 6.07) is 7.96. The summed E-state index contributed by atoms with van der Waals surface area (Å²) in [4.78, 5) is 28.6. The minimum atomic E-state index is -0.0328. The molecule has 4 heterocycles.